The van der Waals surface area contributed by atoms with Gasteiger partial charge in [0, 0.05) is 13.1 Å². The Bertz CT molecular complexity index is 474. The lowest BCUT2D eigenvalue weighted by atomic mass is 10.2. The first-order valence-corrected chi connectivity index (χ1v) is 6.92. The molecule has 1 amide bonds. The van der Waals surface area contributed by atoms with E-state index in [4.69, 9.17) is 26.2 Å². The molecule has 1 aromatic carbocycles. The van der Waals surface area contributed by atoms with Gasteiger partial charge in [-0.05, 0) is 24.6 Å². The first-order chi connectivity index (χ1) is 9.61. The molecule has 1 aliphatic rings. The van der Waals surface area contributed by atoms with Crippen LogP contribution in [0.4, 0.5) is 0 Å². The average molecular weight is 300 g/mol. The molecule has 0 spiro atoms. The van der Waals surface area contributed by atoms with Crippen LogP contribution < -0.4 is 4.74 Å². The summed E-state index contributed by atoms with van der Waals surface area (Å²) in [6.45, 7) is 3.92. The predicted octanol–water partition coefficient (Wildman–Crippen LogP) is 1.46. The SMILES string of the molecule is CC(Oc1ccc(CO)cc1Cl)C(=O)N1CCOCC1. The van der Waals surface area contributed by atoms with Gasteiger partial charge in [0.25, 0.3) is 5.91 Å². The number of hydrogen-bond acceptors (Lipinski definition) is 4. The molecule has 1 aliphatic heterocycles. The minimum absolute atomic E-state index is 0.0735. The Labute approximate surface area is 123 Å². The number of amides is 1. The van der Waals surface area contributed by atoms with Crippen molar-refractivity contribution in [3.63, 3.8) is 0 Å². The minimum Gasteiger partial charge on any atom is -0.479 e. The number of rotatable bonds is 4. The van der Waals surface area contributed by atoms with Crippen LogP contribution in [-0.4, -0.2) is 48.3 Å². The van der Waals surface area contributed by atoms with Gasteiger partial charge in [-0.1, -0.05) is 17.7 Å². The molecule has 5 nitrogen and oxygen atoms in total. The Hall–Kier alpha value is -1.30. The molecule has 0 saturated carbocycles. The van der Waals surface area contributed by atoms with Crippen LogP contribution in [0.3, 0.4) is 0 Å². The van der Waals surface area contributed by atoms with Crippen molar-refractivity contribution in [1.82, 2.24) is 4.90 Å². The lowest BCUT2D eigenvalue weighted by Gasteiger charge is -2.29. The van der Waals surface area contributed by atoms with E-state index in [0.29, 0.717) is 42.6 Å². The summed E-state index contributed by atoms with van der Waals surface area (Å²) in [6, 6.07) is 5.01. The zero-order valence-corrected chi connectivity index (χ0v) is 12.1. The van der Waals surface area contributed by atoms with E-state index in [-0.39, 0.29) is 12.5 Å². The van der Waals surface area contributed by atoms with E-state index in [9.17, 15) is 4.79 Å². The topological polar surface area (TPSA) is 59.0 Å². The van der Waals surface area contributed by atoms with Gasteiger partial charge in [0.05, 0.1) is 24.8 Å². The molecular weight excluding hydrogens is 282 g/mol. The van der Waals surface area contributed by atoms with E-state index in [1.165, 1.54) is 0 Å². The van der Waals surface area contributed by atoms with Crippen LogP contribution in [0.15, 0.2) is 18.2 Å². The molecule has 110 valence electrons. The molecule has 0 aromatic heterocycles. The molecule has 2 rings (SSSR count). The van der Waals surface area contributed by atoms with E-state index >= 15 is 0 Å². The summed E-state index contributed by atoms with van der Waals surface area (Å²) < 4.78 is 10.8. The minimum atomic E-state index is -0.606. The van der Waals surface area contributed by atoms with Crippen LogP contribution in [0, 0.1) is 0 Å². The standard InChI is InChI=1S/C14H18ClNO4/c1-10(14(18)16-4-6-19-7-5-16)20-13-3-2-11(9-17)8-12(13)15/h2-3,8,10,17H,4-7,9H2,1H3. The summed E-state index contributed by atoms with van der Waals surface area (Å²) in [6.07, 6.45) is -0.606. The van der Waals surface area contributed by atoms with Crippen molar-refractivity contribution in [3.8, 4) is 5.75 Å². The maximum atomic E-state index is 12.2. The zero-order chi connectivity index (χ0) is 14.5. The molecule has 1 N–H and O–H groups in total. The second-order valence-corrected chi connectivity index (χ2v) is 5.03. The second-order valence-electron chi connectivity index (χ2n) is 4.62. The number of morpholine rings is 1. The number of carbonyl (C=O) groups excluding carboxylic acids is 1. The van der Waals surface area contributed by atoms with Crippen molar-refractivity contribution in [2.24, 2.45) is 0 Å². The molecule has 6 heteroatoms. The zero-order valence-electron chi connectivity index (χ0n) is 11.3. The lowest BCUT2D eigenvalue weighted by Crippen LogP contribution is -2.46. The molecule has 0 radical (unpaired) electrons. The van der Waals surface area contributed by atoms with Crippen molar-refractivity contribution in [3.05, 3.63) is 28.8 Å². The number of nitrogens with zero attached hydrogens (tertiary/aromatic N) is 1. The van der Waals surface area contributed by atoms with Crippen molar-refractivity contribution < 1.29 is 19.4 Å². The van der Waals surface area contributed by atoms with Crippen LogP contribution in [-0.2, 0) is 16.1 Å². The van der Waals surface area contributed by atoms with Crippen LogP contribution in [0.1, 0.15) is 12.5 Å². The molecule has 1 unspecified atom stereocenters. The molecule has 0 bridgehead atoms. The summed E-state index contributed by atoms with van der Waals surface area (Å²) in [5, 5.41) is 9.41. The van der Waals surface area contributed by atoms with Crippen LogP contribution >= 0.6 is 11.6 Å². The summed E-state index contributed by atoms with van der Waals surface area (Å²) in [4.78, 5) is 13.9. The van der Waals surface area contributed by atoms with Gasteiger partial charge in [-0.3, -0.25) is 4.79 Å². The first-order valence-electron chi connectivity index (χ1n) is 6.54. The highest BCUT2D eigenvalue weighted by Gasteiger charge is 2.24. The number of benzene rings is 1. The normalized spacial score (nSPS) is 16.9. The quantitative estimate of drug-likeness (QED) is 0.914. The van der Waals surface area contributed by atoms with Gasteiger partial charge in [-0.25, -0.2) is 0 Å². The monoisotopic (exact) mass is 299 g/mol. The summed E-state index contributed by atoms with van der Waals surface area (Å²) in [5.74, 6) is 0.369. The Kier molecular flexibility index (Phi) is 5.23. The van der Waals surface area contributed by atoms with E-state index in [1.807, 2.05) is 0 Å². The van der Waals surface area contributed by atoms with Gasteiger partial charge in [0.15, 0.2) is 6.10 Å². The highest BCUT2D eigenvalue weighted by Crippen LogP contribution is 2.26. The van der Waals surface area contributed by atoms with E-state index < -0.39 is 6.10 Å². The molecule has 1 fully saturated rings. The van der Waals surface area contributed by atoms with Crippen molar-refractivity contribution in [2.45, 2.75) is 19.6 Å². The van der Waals surface area contributed by atoms with Crippen LogP contribution in [0.5, 0.6) is 5.75 Å². The van der Waals surface area contributed by atoms with Gasteiger partial charge >= 0.3 is 0 Å². The number of aliphatic hydroxyl groups is 1. The van der Waals surface area contributed by atoms with Gasteiger partial charge in [-0.15, -0.1) is 0 Å². The number of hydrogen-bond donors (Lipinski definition) is 1. The Morgan fingerprint density at radius 1 is 1.50 bits per heavy atom. The smallest absolute Gasteiger partial charge is 0.263 e. The molecular formula is C14H18ClNO4. The predicted molar refractivity (Wildman–Crippen MR) is 74.9 cm³/mol. The summed E-state index contributed by atoms with van der Waals surface area (Å²) >= 11 is 6.06. The van der Waals surface area contributed by atoms with Gasteiger partial charge in [-0.2, -0.15) is 0 Å². The van der Waals surface area contributed by atoms with E-state index in [2.05, 4.69) is 0 Å². The van der Waals surface area contributed by atoms with E-state index in [1.54, 1.807) is 30.0 Å². The largest absolute Gasteiger partial charge is 0.479 e. The van der Waals surface area contributed by atoms with Crippen LogP contribution in [0.2, 0.25) is 5.02 Å². The van der Waals surface area contributed by atoms with Crippen LogP contribution in [0.25, 0.3) is 0 Å². The number of aliphatic hydroxyl groups excluding tert-OH is 1. The lowest BCUT2D eigenvalue weighted by molar-refractivity contribution is -0.142. The molecule has 0 aliphatic carbocycles. The highest BCUT2D eigenvalue weighted by atomic mass is 35.5. The molecule has 1 aromatic rings. The third-order valence-electron chi connectivity index (χ3n) is 3.15. The Morgan fingerprint density at radius 3 is 2.80 bits per heavy atom. The third-order valence-corrected chi connectivity index (χ3v) is 3.45. The average Bonchev–Trinajstić information content (AvgIpc) is 2.49. The number of carbonyl (C=O) groups is 1. The number of halogens is 1. The number of ether oxygens (including phenoxy) is 2. The fourth-order valence-corrected chi connectivity index (χ4v) is 2.27. The molecule has 20 heavy (non-hydrogen) atoms. The van der Waals surface area contributed by atoms with Gasteiger partial charge < -0.3 is 19.5 Å². The Balaban J connectivity index is 1.99. The maximum Gasteiger partial charge on any atom is 0.263 e. The second kappa shape index (κ2) is 6.92. The van der Waals surface area contributed by atoms with Gasteiger partial charge in [0.1, 0.15) is 5.75 Å². The fourth-order valence-electron chi connectivity index (χ4n) is 2.02. The summed E-state index contributed by atoms with van der Waals surface area (Å²) in [7, 11) is 0. The first kappa shape index (κ1) is 15.1. The van der Waals surface area contributed by atoms with Crippen molar-refractivity contribution in [1.29, 1.82) is 0 Å². The fraction of sp³-hybridized carbons (Fsp3) is 0.500. The van der Waals surface area contributed by atoms with Crippen molar-refractivity contribution >= 4 is 17.5 Å². The molecule has 1 saturated heterocycles. The molecule has 1 heterocycles. The summed E-state index contributed by atoms with van der Waals surface area (Å²) in [5.41, 5.74) is 0.703. The third kappa shape index (κ3) is 3.62. The Morgan fingerprint density at radius 2 is 2.20 bits per heavy atom. The maximum absolute atomic E-state index is 12.2. The van der Waals surface area contributed by atoms with Gasteiger partial charge in [0.2, 0.25) is 0 Å². The highest BCUT2D eigenvalue weighted by molar-refractivity contribution is 6.32. The molecule has 1 atom stereocenters. The van der Waals surface area contributed by atoms with E-state index in [0.717, 1.165) is 0 Å². The van der Waals surface area contributed by atoms with Crippen molar-refractivity contribution in [2.75, 3.05) is 26.3 Å².